The first-order valence-corrected chi connectivity index (χ1v) is 22.3. The Hall–Kier alpha value is -6.93. The van der Waals surface area contributed by atoms with Crippen molar-refractivity contribution in [1.82, 2.24) is 25.5 Å². The summed E-state index contributed by atoms with van der Waals surface area (Å²) < 4.78 is 57.1. The number of halogens is 3. The molecule has 3 fully saturated rings. The molecule has 0 spiro atoms. The number of aromatic amines is 1. The van der Waals surface area contributed by atoms with Gasteiger partial charge in [0.2, 0.25) is 29.2 Å². The number of likely N-dealkylation sites (tertiary alicyclic amines) is 1. The minimum absolute atomic E-state index is 0.0232. The average molecular weight is 903 g/mol. The number of fused-ring (bicyclic) bond motifs is 2. The number of nitrogens with zero attached hydrogens (tertiary/aromatic N) is 4. The molecule has 0 aliphatic carbocycles. The molecular formula is C49H49F3N8O6. The van der Waals surface area contributed by atoms with Crippen LogP contribution in [0.5, 0.6) is 11.5 Å². The number of imide groups is 1. The van der Waals surface area contributed by atoms with Crippen LogP contribution >= 0.6 is 0 Å². The summed E-state index contributed by atoms with van der Waals surface area (Å²) in [5.74, 6) is -1.56. The van der Waals surface area contributed by atoms with Crippen molar-refractivity contribution in [3.63, 3.8) is 0 Å². The third-order valence-corrected chi connectivity index (χ3v) is 13.4. The van der Waals surface area contributed by atoms with Crippen LogP contribution in [0.2, 0.25) is 0 Å². The van der Waals surface area contributed by atoms with Crippen molar-refractivity contribution in [2.75, 3.05) is 56.1 Å². The minimum Gasteiger partial charge on any atom is -0.492 e. The van der Waals surface area contributed by atoms with Gasteiger partial charge in [-0.1, -0.05) is 24.3 Å². The van der Waals surface area contributed by atoms with Gasteiger partial charge in [-0.3, -0.25) is 29.5 Å². The topological polar surface area (TPSA) is 182 Å². The number of nitriles is 1. The lowest BCUT2D eigenvalue weighted by molar-refractivity contribution is -0.260. The van der Waals surface area contributed by atoms with Gasteiger partial charge >= 0.3 is 6.18 Å². The Labute approximate surface area is 378 Å². The molecule has 2 aromatic heterocycles. The predicted molar refractivity (Wildman–Crippen MR) is 239 cm³/mol. The van der Waals surface area contributed by atoms with Crippen LogP contribution in [0, 0.1) is 17.2 Å². The zero-order valence-electron chi connectivity index (χ0n) is 36.1. The summed E-state index contributed by atoms with van der Waals surface area (Å²) in [7, 11) is 0. The van der Waals surface area contributed by atoms with Crippen LogP contribution in [0.3, 0.4) is 0 Å². The van der Waals surface area contributed by atoms with Crippen molar-refractivity contribution >= 4 is 45.9 Å². The molecule has 2 atom stereocenters. The molecule has 342 valence electrons. The fourth-order valence-corrected chi connectivity index (χ4v) is 9.66. The second-order valence-electron chi connectivity index (χ2n) is 17.5. The normalized spacial score (nSPS) is 20.0. The SMILES string of the molecule is N#Cc1cccc2[nH]c(-c3ccccc3OC3(C(F)(F)F)CCN(C(=O)[C@H]4CC(=O)Nc5cc(OCCNCC6CCN(c7cncc(C8CCC(=O)NC8=O)c7)CC6)ccc54)CC3)cc12. The number of hydrogen-bond acceptors (Lipinski definition) is 10. The number of rotatable bonds is 12. The maximum Gasteiger partial charge on any atom is 0.428 e. The van der Waals surface area contributed by atoms with E-state index < -0.39 is 36.4 Å². The number of alkyl halides is 3. The van der Waals surface area contributed by atoms with E-state index in [2.05, 4.69) is 36.9 Å². The summed E-state index contributed by atoms with van der Waals surface area (Å²) in [4.78, 5) is 62.2. The summed E-state index contributed by atoms with van der Waals surface area (Å²) in [5.41, 5.74) is 2.23. The standard InChI is InChI=1S/C49H49F3N8O6/c50-49(51,52)48(66-43-7-2-1-5-37(43)42-24-38-31(26-53)4-3-6-40(38)56-42)14-19-60(20-15-48)47(64)39-25-45(62)57-41-23-34(8-9-36(39)41)65-21-16-54-27-30-12-17-59(18-13-30)33-22-32(28-55-29-33)35-10-11-44(61)58-46(35)63/h1-9,22-24,28-30,35,39,54,56H,10-21,25,27H2,(H,57,62)(H,58,61,63)/t35?,39-/m0/s1. The highest BCUT2D eigenvalue weighted by Crippen LogP contribution is 2.46. The van der Waals surface area contributed by atoms with Gasteiger partial charge in [-0.15, -0.1) is 0 Å². The zero-order chi connectivity index (χ0) is 46.0. The number of amides is 4. The van der Waals surface area contributed by atoms with E-state index in [1.807, 2.05) is 12.3 Å². The van der Waals surface area contributed by atoms with Gasteiger partial charge in [-0.2, -0.15) is 18.4 Å². The monoisotopic (exact) mass is 902 g/mol. The molecule has 3 saturated heterocycles. The van der Waals surface area contributed by atoms with E-state index in [1.165, 1.54) is 11.0 Å². The van der Waals surface area contributed by atoms with Gasteiger partial charge in [-0.05, 0) is 85.3 Å². The quantitative estimate of drug-likeness (QED) is 0.0757. The van der Waals surface area contributed by atoms with E-state index in [1.54, 1.807) is 66.9 Å². The number of carbonyl (C=O) groups excluding carboxylic acids is 4. The molecule has 1 unspecified atom stereocenters. The highest BCUT2D eigenvalue weighted by atomic mass is 19.4. The summed E-state index contributed by atoms with van der Waals surface area (Å²) in [6.07, 6.45) is 0.352. The van der Waals surface area contributed by atoms with Crippen LogP contribution in [0.1, 0.15) is 73.5 Å². The molecule has 6 heterocycles. The number of piperidine rings is 3. The number of hydrogen-bond donors (Lipinski definition) is 4. The number of aromatic nitrogens is 2. The van der Waals surface area contributed by atoms with Gasteiger partial charge in [0.25, 0.3) is 0 Å². The van der Waals surface area contributed by atoms with Crippen LogP contribution in [0.4, 0.5) is 24.5 Å². The molecule has 0 radical (unpaired) electrons. The first kappa shape index (κ1) is 44.3. The molecule has 4 aliphatic heterocycles. The smallest absolute Gasteiger partial charge is 0.428 e. The van der Waals surface area contributed by atoms with Crippen molar-refractivity contribution in [2.45, 2.75) is 68.6 Å². The van der Waals surface area contributed by atoms with Crippen LogP contribution in [-0.4, -0.2) is 96.1 Å². The number of pyridine rings is 1. The maximum absolute atomic E-state index is 15.0. The number of H-pyrrole nitrogens is 1. The predicted octanol–water partition coefficient (Wildman–Crippen LogP) is 6.94. The molecular weight excluding hydrogens is 854 g/mol. The van der Waals surface area contributed by atoms with E-state index in [0.29, 0.717) is 76.6 Å². The molecule has 14 nitrogen and oxygen atoms in total. The van der Waals surface area contributed by atoms with Gasteiger partial charge in [0.15, 0.2) is 0 Å². The van der Waals surface area contributed by atoms with E-state index >= 15 is 13.2 Å². The molecule has 0 saturated carbocycles. The van der Waals surface area contributed by atoms with E-state index in [-0.39, 0.29) is 48.9 Å². The lowest BCUT2D eigenvalue weighted by Crippen LogP contribution is -2.58. The number of benzene rings is 3. The van der Waals surface area contributed by atoms with Crippen LogP contribution in [-0.2, 0) is 19.2 Å². The van der Waals surface area contributed by atoms with Crippen molar-refractivity contribution in [3.05, 3.63) is 102 Å². The van der Waals surface area contributed by atoms with Crippen molar-refractivity contribution < 1.29 is 41.8 Å². The molecule has 3 aromatic carbocycles. The summed E-state index contributed by atoms with van der Waals surface area (Å²) >= 11 is 0. The number of anilines is 2. The van der Waals surface area contributed by atoms with Gasteiger partial charge in [0, 0.05) is 92.8 Å². The van der Waals surface area contributed by atoms with Gasteiger partial charge in [-0.25, -0.2) is 0 Å². The Kier molecular flexibility index (Phi) is 12.4. The molecule has 66 heavy (non-hydrogen) atoms. The number of nitrogens with one attached hydrogen (secondary N) is 4. The molecule has 5 aromatic rings. The average Bonchev–Trinajstić information content (AvgIpc) is 3.76. The summed E-state index contributed by atoms with van der Waals surface area (Å²) in [5, 5.41) is 19.0. The van der Waals surface area contributed by atoms with Gasteiger partial charge in [0.05, 0.1) is 41.0 Å². The first-order valence-electron chi connectivity index (χ1n) is 22.3. The van der Waals surface area contributed by atoms with E-state index in [4.69, 9.17) is 9.47 Å². The molecule has 4 N–H and O–H groups in total. The highest BCUT2D eigenvalue weighted by Gasteiger charge is 2.59. The van der Waals surface area contributed by atoms with Crippen molar-refractivity contribution in [2.24, 2.45) is 5.92 Å². The Bertz CT molecular complexity index is 2700. The fourth-order valence-electron chi connectivity index (χ4n) is 9.66. The summed E-state index contributed by atoms with van der Waals surface area (Å²) in [6, 6.07) is 22.7. The molecule has 17 heteroatoms. The lowest BCUT2D eigenvalue weighted by Gasteiger charge is -2.43. The van der Waals surface area contributed by atoms with Crippen molar-refractivity contribution in [3.8, 4) is 28.8 Å². The van der Waals surface area contributed by atoms with Gasteiger partial charge < -0.3 is 34.9 Å². The number of para-hydroxylation sites is 1. The summed E-state index contributed by atoms with van der Waals surface area (Å²) in [6.45, 7) is 3.00. The first-order chi connectivity index (χ1) is 31.9. The molecule has 9 rings (SSSR count). The fraction of sp³-hybridized carbons (Fsp3) is 0.388. The highest BCUT2D eigenvalue weighted by molar-refractivity contribution is 6.02. The number of carbonyl (C=O) groups is 4. The maximum atomic E-state index is 15.0. The second kappa shape index (κ2) is 18.5. The third-order valence-electron chi connectivity index (χ3n) is 13.4. The third kappa shape index (κ3) is 9.14. The Morgan fingerprint density at radius 2 is 1.73 bits per heavy atom. The van der Waals surface area contributed by atoms with Gasteiger partial charge in [0.1, 0.15) is 18.1 Å². The van der Waals surface area contributed by atoms with Crippen LogP contribution in [0.15, 0.2) is 85.2 Å². The molecule has 4 amide bonds. The Morgan fingerprint density at radius 1 is 0.924 bits per heavy atom. The number of ether oxygens (including phenoxy) is 2. The Morgan fingerprint density at radius 3 is 2.50 bits per heavy atom. The van der Waals surface area contributed by atoms with Crippen LogP contribution < -0.4 is 30.3 Å². The van der Waals surface area contributed by atoms with Crippen LogP contribution in [0.25, 0.3) is 22.2 Å². The zero-order valence-corrected chi connectivity index (χ0v) is 36.1. The molecule has 4 aliphatic rings. The van der Waals surface area contributed by atoms with E-state index in [9.17, 15) is 24.4 Å². The largest absolute Gasteiger partial charge is 0.492 e. The Balaban J connectivity index is 0.766. The lowest BCUT2D eigenvalue weighted by atomic mass is 9.86. The molecule has 0 bridgehead atoms. The van der Waals surface area contributed by atoms with E-state index in [0.717, 1.165) is 43.7 Å². The second-order valence-corrected chi connectivity index (χ2v) is 17.5. The minimum atomic E-state index is -4.76. The van der Waals surface area contributed by atoms with Crippen molar-refractivity contribution in [1.29, 1.82) is 5.26 Å².